The predicted molar refractivity (Wildman–Crippen MR) is 183 cm³/mol. The van der Waals surface area contributed by atoms with Gasteiger partial charge in [-0.2, -0.15) is 0 Å². The lowest BCUT2D eigenvalue weighted by Crippen LogP contribution is -2.33. The maximum absolute atomic E-state index is 12.8. The normalized spacial score (nSPS) is 19.8. The van der Waals surface area contributed by atoms with Gasteiger partial charge < -0.3 is 10.0 Å². The number of carbonyl (C=O) groups excluding carboxylic acids is 1. The Morgan fingerprint density at radius 1 is 0.886 bits per heavy atom. The number of fused-ring (bicyclic) bond motifs is 3. The van der Waals surface area contributed by atoms with Crippen molar-refractivity contribution < 1.29 is 14.7 Å². The van der Waals surface area contributed by atoms with E-state index in [1.54, 1.807) is 0 Å². The van der Waals surface area contributed by atoms with Gasteiger partial charge in [-0.15, -0.1) is 0 Å². The molecule has 0 aromatic heterocycles. The number of rotatable bonds is 7. The number of hydrogen-bond donors (Lipinski definition) is 1. The molecule has 2 aliphatic heterocycles. The molecule has 1 aliphatic carbocycles. The van der Waals surface area contributed by atoms with Crippen molar-refractivity contribution >= 4 is 69.3 Å². The SMILES string of the molecule is O=C(O)CN1C(=O)/C(=C/c2ccc3c(c2)[C@@H]2CCC[C@H]2N3c2ccc(C=C(c3ccccc3)c3ccccc3)cc2)SC1=S. The van der Waals surface area contributed by atoms with Crippen molar-refractivity contribution in [3.05, 3.63) is 136 Å². The molecule has 1 saturated carbocycles. The maximum Gasteiger partial charge on any atom is 0.323 e. The minimum absolute atomic E-state index is 0.282. The van der Waals surface area contributed by atoms with Crippen LogP contribution in [0.3, 0.4) is 0 Å². The molecule has 2 atom stereocenters. The van der Waals surface area contributed by atoms with Crippen LogP contribution in [0.2, 0.25) is 0 Å². The summed E-state index contributed by atoms with van der Waals surface area (Å²) < 4.78 is 0.282. The highest BCUT2D eigenvalue weighted by molar-refractivity contribution is 8.26. The Labute approximate surface area is 266 Å². The molecule has 7 rings (SSSR count). The highest BCUT2D eigenvalue weighted by atomic mass is 32.2. The van der Waals surface area contributed by atoms with E-state index >= 15 is 0 Å². The molecule has 0 spiro atoms. The van der Waals surface area contributed by atoms with E-state index in [0.717, 1.165) is 40.6 Å². The Balaban J connectivity index is 1.19. The number of anilines is 2. The van der Waals surface area contributed by atoms with Gasteiger partial charge in [-0.25, -0.2) is 0 Å². The van der Waals surface area contributed by atoms with Crippen LogP contribution in [0.15, 0.2) is 108 Å². The second kappa shape index (κ2) is 11.9. The van der Waals surface area contributed by atoms with E-state index in [0.29, 0.717) is 16.9 Å². The van der Waals surface area contributed by atoms with Crippen molar-refractivity contribution in [2.45, 2.75) is 31.2 Å². The summed E-state index contributed by atoms with van der Waals surface area (Å²) in [4.78, 5) is 28.1. The van der Waals surface area contributed by atoms with Crippen molar-refractivity contribution in [3.8, 4) is 0 Å². The highest BCUT2D eigenvalue weighted by Crippen LogP contribution is 2.52. The lowest BCUT2D eigenvalue weighted by Gasteiger charge is -2.27. The van der Waals surface area contributed by atoms with Crippen molar-refractivity contribution in [2.24, 2.45) is 0 Å². The van der Waals surface area contributed by atoms with Crippen LogP contribution in [0.25, 0.3) is 17.7 Å². The monoisotopic (exact) mass is 614 g/mol. The number of thiocarbonyl (C=S) groups is 1. The van der Waals surface area contributed by atoms with Gasteiger partial charge in [0, 0.05) is 23.3 Å². The highest BCUT2D eigenvalue weighted by Gasteiger charge is 2.42. The zero-order chi connectivity index (χ0) is 30.2. The average Bonchev–Trinajstić information content (AvgIpc) is 3.71. The quantitative estimate of drug-likeness (QED) is 0.128. The molecule has 2 heterocycles. The third-order valence-electron chi connectivity index (χ3n) is 8.64. The summed E-state index contributed by atoms with van der Waals surface area (Å²) in [5.41, 5.74) is 9.34. The number of thioether (sulfide) groups is 1. The molecule has 1 amide bonds. The smallest absolute Gasteiger partial charge is 0.323 e. The summed E-state index contributed by atoms with van der Waals surface area (Å²) in [6.45, 7) is -0.417. The van der Waals surface area contributed by atoms with Gasteiger partial charge in [0.2, 0.25) is 0 Å². The Morgan fingerprint density at radius 2 is 1.55 bits per heavy atom. The second-order valence-corrected chi connectivity index (χ2v) is 13.0. The van der Waals surface area contributed by atoms with Crippen LogP contribution in [-0.4, -0.2) is 38.8 Å². The molecule has 2 fully saturated rings. The topological polar surface area (TPSA) is 60.9 Å². The fraction of sp³-hybridized carbons (Fsp3) is 0.162. The average molecular weight is 615 g/mol. The van der Waals surface area contributed by atoms with Crippen molar-refractivity contribution in [2.75, 3.05) is 11.4 Å². The van der Waals surface area contributed by atoms with E-state index in [-0.39, 0.29) is 10.2 Å². The molecule has 5 nitrogen and oxygen atoms in total. The van der Waals surface area contributed by atoms with Crippen LogP contribution in [0, 0.1) is 0 Å². The first-order valence-corrected chi connectivity index (χ1v) is 16.0. The third-order valence-corrected chi connectivity index (χ3v) is 10.0. The number of carbonyl (C=O) groups is 2. The van der Waals surface area contributed by atoms with Gasteiger partial charge in [-0.05, 0) is 82.6 Å². The summed E-state index contributed by atoms with van der Waals surface area (Å²) in [7, 11) is 0. The lowest BCUT2D eigenvalue weighted by atomic mass is 9.95. The van der Waals surface area contributed by atoms with E-state index in [2.05, 4.69) is 95.9 Å². The van der Waals surface area contributed by atoms with Gasteiger partial charge in [0.15, 0.2) is 0 Å². The molecule has 3 aliphatic rings. The molecule has 0 radical (unpaired) electrons. The number of hydrogen-bond acceptors (Lipinski definition) is 5. The van der Waals surface area contributed by atoms with Crippen LogP contribution in [0.5, 0.6) is 0 Å². The zero-order valence-corrected chi connectivity index (χ0v) is 25.6. The van der Waals surface area contributed by atoms with Gasteiger partial charge >= 0.3 is 5.97 Å². The van der Waals surface area contributed by atoms with Gasteiger partial charge in [0.25, 0.3) is 5.91 Å². The fourth-order valence-electron chi connectivity index (χ4n) is 6.69. The molecule has 0 bridgehead atoms. The molecule has 218 valence electrons. The van der Waals surface area contributed by atoms with E-state index in [1.165, 1.54) is 40.1 Å². The number of amides is 1. The van der Waals surface area contributed by atoms with Crippen LogP contribution >= 0.6 is 24.0 Å². The van der Waals surface area contributed by atoms with Gasteiger partial charge in [-0.3, -0.25) is 14.5 Å². The Kier molecular flexibility index (Phi) is 7.66. The maximum atomic E-state index is 12.8. The summed E-state index contributed by atoms with van der Waals surface area (Å²) >= 11 is 6.44. The first-order valence-electron chi connectivity index (χ1n) is 14.8. The molecular formula is C37H30N2O3S2. The Morgan fingerprint density at radius 3 is 2.20 bits per heavy atom. The predicted octanol–water partition coefficient (Wildman–Crippen LogP) is 8.35. The Bertz CT molecular complexity index is 1780. The van der Waals surface area contributed by atoms with Crippen molar-refractivity contribution in [1.29, 1.82) is 0 Å². The molecule has 4 aromatic carbocycles. The minimum Gasteiger partial charge on any atom is -0.480 e. The largest absolute Gasteiger partial charge is 0.480 e. The van der Waals surface area contributed by atoms with Gasteiger partial charge in [-0.1, -0.05) is 109 Å². The molecule has 44 heavy (non-hydrogen) atoms. The van der Waals surface area contributed by atoms with Crippen LogP contribution in [0.4, 0.5) is 11.4 Å². The molecule has 7 heteroatoms. The van der Waals surface area contributed by atoms with Gasteiger partial charge in [0.05, 0.1) is 4.91 Å². The van der Waals surface area contributed by atoms with Crippen LogP contribution in [-0.2, 0) is 9.59 Å². The third kappa shape index (κ3) is 5.38. The number of carboxylic acid groups (broad SMARTS) is 1. The van der Waals surface area contributed by atoms with E-state index in [9.17, 15) is 9.59 Å². The van der Waals surface area contributed by atoms with Crippen LogP contribution in [0.1, 0.15) is 53.0 Å². The zero-order valence-electron chi connectivity index (χ0n) is 23.9. The fourth-order valence-corrected chi connectivity index (χ4v) is 7.95. The van der Waals surface area contributed by atoms with E-state index in [4.69, 9.17) is 17.3 Å². The summed E-state index contributed by atoms with van der Waals surface area (Å²) in [5.74, 6) is -0.994. The number of benzene rings is 4. The lowest BCUT2D eigenvalue weighted by molar-refractivity contribution is -0.140. The van der Waals surface area contributed by atoms with E-state index in [1.807, 2.05) is 24.3 Å². The number of carboxylic acids is 1. The molecule has 4 aromatic rings. The first kappa shape index (κ1) is 28.3. The molecule has 0 unspecified atom stereocenters. The van der Waals surface area contributed by atoms with E-state index < -0.39 is 12.5 Å². The second-order valence-electron chi connectivity index (χ2n) is 11.3. The standard InChI is InChI=1S/C37H30N2O3S2/c40-35(41)23-38-36(42)34(44-37(38)43)22-25-16-19-33-31(21-25)29-12-7-13-32(29)39(33)28-17-14-24(15-18-28)20-30(26-8-3-1-4-9-26)27-10-5-2-6-11-27/h1-6,8-11,14-22,29,32H,7,12-13,23H2,(H,40,41)/b34-22-/t29-,32+/m0/s1. The summed E-state index contributed by atoms with van der Waals surface area (Å²) in [5, 5.41) is 9.16. The Hall–Kier alpha value is -4.46. The first-order chi connectivity index (χ1) is 21.5. The molecular weight excluding hydrogens is 585 g/mol. The van der Waals surface area contributed by atoms with Crippen LogP contribution < -0.4 is 4.90 Å². The van der Waals surface area contributed by atoms with Crippen molar-refractivity contribution in [1.82, 2.24) is 4.90 Å². The van der Waals surface area contributed by atoms with Crippen molar-refractivity contribution in [3.63, 3.8) is 0 Å². The molecule has 1 saturated heterocycles. The number of aliphatic carboxylic acids is 1. The molecule has 1 N–H and O–H groups in total. The van der Waals surface area contributed by atoms with Gasteiger partial charge in [0.1, 0.15) is 10.9 Å². The minimum atomic E-state index is -1.08. The summed E-state index contributed by atoms with van der Waals surface area (Å²) in [6, 6.07) is 36.7. The summed E-state index contributed by atoms with van der Waals surface area (Å²) in [6.07, 6.45) is 7.55. The number of nitrogens with zero attached hydrogens (tertiary/aromatic N) is 2.